The zero-order chi connectivity index (χ0) is 9.26. The van der Waals surface area contributed by atoms with Crippen LogP contribution in [0, 0.1) is 13.8 Å². The predicted molar refractivity (Wildman–Crippen MR) is 51.3 cm³/mol. The van der Waals surface area contributed by atoms with E-state index in [1.165, 1.54) is 11.1 Å². The molecule has 0 fully saturated rings. The van der Waals surface area contributed by atoms with Crippen molar-refractivity contribution >= 4 is 0 Å². The van der Waals surface area contributed by atoms with Crippen molar-refractivity contribution in [2.45, 2.75) is 13.8 Å². The number of H-pyrrole nitrogens is 1. The summed E-state index contributed by atoms with van der Waals surface area (Å²) in [4.78, 5) is 0. The summed E-state index contributed by atoms with van der Waals surface area (Å²) in [7, 11) is 0. The van der Waals surface area contributed by atoms with Crippen LogP contribution >= 0.6 is 0 Å². The molecule has 1 heterocycles. The first kappa shape index (κ1) is 7.98. The molecule has 0 aliphatic carbocycles. The van der Waals surface area contributed by atoms with E-state index in [0.29, 0.717) is 0 Å². The van der Waals surface area contributed by atoms with Gasteiger partial charge in [-0.2, -0.15) is 0 Å². The Hall–Kier alpha value is -1.64. The Bertz CT molecular complexity index is 404. The standard InChI is InChI=1S/C10H11N3/c1-7-4-3-5-9(8(7)2)10-6-11-13-12-10/h3-6H,1-2H3,(H,11,12,13). The molecule has 0 saturated heterocycles. The maximum absolute atomic E-state index is 3.98. The summed E-state index contributed by atoms with van der Waals surface area (Å²) < 4.78 is 0. The van der Waals surface area contributed by atoms with Gasteiger partial charge in [-0.1, -0.05) is 23.4 Å². The molecule has 1 aromatic heterocycles. The molecule has 1 N–H and O–H groups in total. The molecule has 0 unspecified atom stereocenters. The lowest BCUT2D eigenvalue weighted by Gasteiger charge is -2.04. The quantitative estimate of drug-likeness (QED) is 0.717. The molecule has 66 valence electrons. The second-order valence-corrected chi connectivity index (χ2v) is 3.11. The largest absolute Gasteiger partial charge is 0.265 e. The van der Waals surface area contributed by atoms with Gasteiger partial charge in [0.25, 0.3) is 0 Å². The van der Waals surface area contributed by atoms with Crippen molar-refractivity contribution in [2.24, 2.45) is 0 Å². The van der Waals surface area contributed by atoms with Crippen LogP contribution in [0.3, 0.4) is 0 Å². The van der Waals surface area contributed by atoms with E-state index in [9.17, 15) is 0 Å². The fourth-order valence-electron chi connectivity index (χ4n) is 1.36. The second kappa shape index (κ2) is 3.01. The van der Waals surface area contributed by atoms with Crippen molar-refractivity contribution in [3.63, 3.8) is 0 Å². The van der Waals surface area contributed by atoms with Gasteiger partial charge in [0.2, 0.25) is 0 Å². The minimum absolute atomic E-state index is 0.904. The number of nitrogens with one attached hydrogen (secondary N) is 1. The first-order chi connectivity index (χ1) is 6.29. The highest BCUT2D eigenvalue weighted by molar-refractivity contribution is 5.63. The summed E-state index contributed by atoms with van der Waals surface area (Å²) >= 11 is 0. The van der Waals surface area contributed by atoms with Crippen LogP contribution in [0.2, 0.25) is 0 Å². The second-order valence-electron chi connectivity index (χ2n) is 3.11. The lowest BCUT2D eigenvalue weighted by atomic mass is 10.0. The lowest BCUT2D eigenvalue weighted by Crippen LogP contribution is -1.86. The highest BCUT2D eigenvalue weighted by Gasteiger charge is 2.04. The van der Waals surface area contributed by atoms with Crippen LogP contribution in [0.25, 0.3) is 11.3 Å². The van der Waals surface area contributed by atoms with E-state index in [-0.39, 0.29) is 0 Å². The third kappa shape index (κ3) is 1.33. The predicted octanol–water partition coefficient (Wildman–Crippen LogP) is 2.09. The lowest BCUT2D eigenvalue weighted by molar-refractivity contribution is 0.942. The van der Waals surface area contributed by atoms with Crippen LogP contribution in [-0.4, -0.2) is 15.4 Å². The highest BCUT2D eigenvalue weighted by Crippen LogP contribution is 2.22. The Labute approximate surface area is 76.8 Å². The van der Waals surface area contributed by atoms with Crippen molar-refractivity contribution in [1.29, 1.82) is 0 Å². The van der Waals surface area contributed by atoms with Crippen LogP contribution in [0.4, 0.5) is 0 Å². The zero-order valence-electron chi connectivity index (χ0n) is 7.70. The van der Waals surface area contributed by atoms with E-state index in [0.717, 1.165) is 11.3 Å². The SMILES string of the molecule is Cc1cccc(-c2c[nH]nn2)c1C. The van der Waals surface area contributed by atoms with Crippen LogP contribution in [0.1, 0.15) is 11.1 Å². The Morgan fingerprint density at radius 2 is 2.08 bits per heavy atom. The fraction of sp³-hybridized carbons (Fsp3) is 0.200. The monoisotopic (exact) mass is 173 g/mol. The van der Waals surface area contributed by atoms with E-state index in [2.05, 4.69) is 41.4 Å². The number of hydrogen-bond donors (Lipinski definition) is 1. The van der Waals surface area contributed by atoms with E-state index < -0.39 is 0 Å². The average Bonchev–Trinajstić information content (AvgIpc) is 2.62. The molecular weight excluding hydrogens is 162 g/mol. The number of aromatic nitrogens is 3. The normalized spacial score (nSPS) is 10.3. The highest BCUT2D eigenvalue weighted by atomic mass is 15.3. The fourth-order valence-corrected chi connectivity index (χ4v) is 1.36. The molecule has 0 radical (unpaired) electrons. The third-order valence-corrected chi connectivity index (χ3v) is 2.30. The van der Waals surface area contributed by atoms with E-state index in [1.807, 2.05) is 12.3 Å². The molecule has 0 amide bonds. The van der Waals surface area contributed by atoms with Crippen molar-refractivity contribution in [3.05, 3.63) is 35.5 Å². The first-order valence-corrected chi connectivity index (χ1v) is 4.22. The van der Waals surface area contributed by atoms with E-state index >= 15 is 0 Å². The first-order valence-electron chi connectivity index (χ1n) is 4.22. The van der Waals surface area contributed by atoms with E-state index in [4.69, 9.17) is 0 Å². The van der Waals surface area contributed by atoms with Crippen LogP contribution in [0.15, 0.2) is 24.4 Å². The molecule has 0 aliphatic heterocycles. The number of rotatable bonds is 1. The number of benzene rings is 1. The van der Waals surface area contributed by atoms with Crippen molar-refractivity contribution in [1.82, 2.24) is 15.4 Å². The van der Waals surface area contributed by atoms with Gasteiger partial charge < -0.3 is 0 Å². The van der Waals surface area contributed by atoms with Crippen molar-refractivity contribution < 1.29 is 0 Å². The summed E-state index contributed by atoms with van der Waals surface area (Å²) in [6.07, 6.45) is 1.81. The zero-order valence-corrected chi connectivity index (χ0v) is 7.70. The maximum Gasteiger partial charge on any atom is 0.113 e. The molecule has 0 atom stereocenters. The molecular formula is C10H11N3. The van der Waals surface area contributed by atoms with Gasteiger partial charge in [0.05, 0.1) is 0 Å². The Morgan fingerprint density at radius 1 is 1.23 bits per heavy atom. The smallest absolute Gasteiger partial charge is 0.113 e. The number of nitrogens with zero attached hydrogens (tertiary/aromatic N) is 2. The molecule has 13 heavy (non-hydrogen) atoms. The molecule has 1 aromatic carbocycles. The molecule has 3 nitrogen and oxygen atoms in total. The molecule has 0 spiro atoms. The summed E-state index contributed by atoms with van der Waals surface area (Å²) in [5.41, 5.74) is 4.59. The minimum atomic E-state index is 0.904. The Morgan fingerprint density at radius 3 is 2.77 bits per heavy atom. The summed E-state index contributed by atoms with van der Waals surface area (Å²) in [6, 6.07) is 6.19. The minimum Gasteiger partial charge on any atom is -0.265 e. The summed E-state index contributed by atoms with van der Waals surface area (Å²) in [5.74, 6) is 0. The summed E-state index contributed by atoms with van der Waals surface area (Å²) in [5, 5.41) is 10.4. The molecule has 0 saturated carbocycles. The third-order valence-electron chi connectivity index (χ3n) is 2.30. The molecule has 3 heteroatoms. The Kier molecular flexibility index (Phi) is 1.85. The van der Waals surface area contributed by atoms with Crippen molar-refractivity contribution in [3.8, 4) is 11.3 Å². The van der Waals surface area contributed by atoms with Gasteiger partial charge in [0.15, 0.2) is 0 Å². The van der Waals surface area contributed by atoms with E-state index in [1.54, 1.807) is 0 Å². The van der Waals surface area contributed by atoms with Gasteiger partial charge in [-0.25, -0.2) is 0 Å². The van der Waals surface area contributed by atoms with Crippen LogP contribution in [0.5, 0.6) is 0 Å². The van der Waals surface area contributed by atoms with Gasteiger partial charge in [-0.05, 0) is 25.0 Å². The molecule has 2 rings (SSSR count). The Balaban J connectivity index is 2.59. The number of aryl methyl sites for hydroxylation is 1. The number of hydrogen-bond acceptors (Lipinski definition) is 2. The van der Waals surface area contributed by atoms with Crippen LogP contribution in [-0.2, 0) is 0 Å². The van der Waals surface area contributed by atoms with Gasteiger partial charge in [-0.15, -0.1) is 5.10 Å². The topological polar surface area (TPSA) is 41.6 Å². The van der Waals surface area contributed by atoms with Crippen LogP contribution < -0.4 is 0 Å². The molecule has 0 bridgehead atoms. The van der Waals surface area contributed by atoms with Crippen molar-refractivity contribution in [2.75, 3.05) is 0 Å². The van der Waals surface area contributed by atoms with Gasteiger partial charge in [0.1, 0.15) is 5.69 Å². The van der Waals surface area contributed by atoms with Gasteiger partial charge in [0, 0.05) is 11.8 Å². The summed E-state index contributed by atoms with van der Waals surface area (Å²) in [6.45, 7) is 4.19. The molecule has 2 aromatic rings. The maximum atomic E-state index is 3.98. The van der Waals surface area contributed by atoms with Gasteiger partial charge in [-0.3, -0.25) is 5.10 Å². The van der Waals surface area contributed by atoms with Gasteiger partial charge >= 0.3 is 0 Å². The molecule has 0 aliphatic rings. The number of aromatic amines is 1. The average molecular weight is 173 g/mol.